The van der Waals surface area contributed by atoms with Crippen LogP contribution >= 0.6 is 15.9 Å². The molecule has 1 heterocycles. The van der Waals surface area contributed by atoms with Crippen molar-refractivity contribution in [3.8, 4) is 0 Å². The Morgan fingerprint density at radius 3 is 2.50 bits per heavy atom. The Morgan fingerprint density at radius 2 is 1.95 bits per heavy atom. The molecule has 0 radical (unpaired) electrons. The maximum Gasteiger partial charge on any atom is 0.166 e. The molecule has 3 nitrogen and oxygen atoms in total. The maximum atomic E-state index is 14.1. The van der Waals surface area contributed by atoms with E-state index in [2.05, 4.69) is 20.9 Å². The quantitative estimate of drug-likeness (QED) is 0.858. The summed E-state index contributed by atoms with van der Waals surface area (Å²) < 4.78 is 14.7. The summed E-state index contributed by atoms with van der Waals surface area (Å²) in [5.74, 6) is 0.0311. The molecule has 0 aliphatic rings. The second kappa shape index (κ2) is 6.22. The predicted molar refractivity (Wildman–Crippen MR) is 84.1 cm³/mol. The number of rotatable bonds is 4. The molecule has 0 unspecified atom stereocenters. The second-order valence-electron chi connectivity index (χ2n) is 4.92. The minimum atomic E-state index is -0.330. The average molecular weight is 338 g/mol. The van der Waals surface area contributed by atoms with Gasteiger partial charge in [-0.1, -0.05) is 12.1 Å². The van der Waals surface area contributed by atoms with Gasteiger partial charge in [-0.05, 0) is 53.5 Å². The van der Waals surface area contributed by atoms with Crippen LogP contribution < -0.4 is 10.6 Å². The highest BCUT2D eigenvalue weighted by molar-refractivity contribution is 9.10. The zero-order valence-corrected chi connectivity index (χ0v) is 13.1. The maximum absolute atomic E-state index is 14.1. The van der Waals surface area contributed by atoms with Gasteiger partial charge in [0.15, 0.2) is 11.6 Å². The van der Waals surface area contributed by atoms with E-state index in [-0.39, 0.29) is 11.9 Å². The molecule has 2 rings (SSSR count). The molecule has 1 aromatic heterocycles. The number of nitrogen functional groups attached to an aromatic ring is 1. The van der Waals surface area contributed by atoms with Gasteiger partial charge >= 0.3 is 0 Å². The molecule has 0 bridgehead atoms. The van der Waals surface area contributed by atoms with Gasteiger partial charge in [0, 0.05) is 28.9 Å². The monoisotopic (exact) mass is 337 g/mol. The van der Waals surface area contributed by atoms with Gasteiger partial charge in [-0.2, -0.15) is 0 Å². The lowest BCUT2D eigenvalue weighted by Gasteiger charge is -2.28. The zero-order valence-electron chi connectivity index (χ0n) is 11.5. The Labute approximate surface area is 126 Å². The average Bonchev–Trinajstić information content (AvgIpc) is 2.39. The molecule has 2 N–H and O–H groups in total. The summed E-state index contributed by atoms with van der Waals surface area (Å²) in [4.78, 5) is 6.12. The highest BCUT2D eigenvalue weighted by Gasteiger charge is 2.17. The third-order valence-corrected chi connectivity index (χ3v) is 3.45. The molecule has 0 amide bonds. The van der Waals surface area contributed by atoms with E-state index >= 15 is 0 Å². The van der Waals surface area contributed by atoms with Crippen LogP contribution in [0.2, 0.25) is 0 Å². The smallest absolute Gasteiger partial charge is 0.166 e. The summed E-state index contributed by atoms with van der Waals surface area (Å²) >= 11 is 3.22. The van der Waals surface area contributed by atoms with E-state index < -0.39 is 0 Å². The van der Waals surface area contributed by atoms with Crippen molar-refractivity contribution in [2.45, 2.75) is 26.4 Å². The van der Waals surface area contributed by atoms with E-state index in [4.69, 9.17) is 5.73 Å². The van der Waals surface area contributed by atoms with Crippen LogP contribution in [0.25, 0.3) is 0 Å². The summed E-state index contributed by atoms with van der Waals surface area (Å²) in [6.07, 6.45) is 1.61. The van der Waals surface area contributed by atoms with Gasteiger partial charge in [0.25, 0.3) is 0 Å². The van der Waals surface area contributed by atoms with E-state index in [0.29, 0.717) is 16.8 Å². The van der Waals surface area contributed by atoms with Crippen molar-refractivity contribution < 1.29 is 4.39 Å². The van der Waals surface area contributed by atoms with Crippen LogP contribution in [0.5, 0.6) is 0 Å². The minimum absolute atomic E-state index is 0.135. The number of hydrogen-bond acceptors (Lipinski definition) is 3. The van der Waals surface area contributed by atoms with Crippen molar-refractivity contribution in [2.24, 2.45) is 0 Å². The van der Waals surface area contributed by atoms with Gasteiger partial charge in [-0.3, -0.25) is 0 Å². The Balaban J connectivity index is 2.29. The molecular formula is C15H17BrFN3. The Hall–Kier alpha value is -1.62. The van der Waals surface area contributed by atoms with Crippen LogP contribution in [-0.2, 0) is 6.54 Å². The fourth-order valence-electron chi connectivity index (χ4n) is 1.94. The summed E-state index contributed by atoms with van der Waals surface area (Å²) in [6, 6.07) is 9.15. The lowest BCUT2D eigenvalue weighted by molar-refractivity contribution is 0.587. The fourth-order valence-corrected chi connectivity index (χ4v) is 2.24. The molecule has 0 spiro atoms. The number of nitrogens with zero attached hydrogens (tertiary/aromatic N) is 2. The molecule has 106 valence electrons. The van der Waals surface area contributed by atoms with Gasteiger partial charge in [-0.25, -0.2) is 9.37 Å². The number of anilines is 2. The van der Waals surface area contributed by atoms with Gasteiger partial charge < -0.3 is 10.6 Å². The first-order chi connectivity index (χ1) is 9.47. The van der Waals surface area contributed by atoms with E-state index in [1.54, 1.807) is 6.20 Å². The van der Waals surface area contributed by atoms with Crippen molar-refractivity contribution in [1.82, 2.24) is 4.98 Å². The molecule has 0 fully saturated rings. The Bertz CT molecular complexity index is 584. The highest BCUT2D eigenvalue weighted by Crippen LogP contribution is 2.23. The van der Waals surface area contributed by atoms with E-state index in [0.717, 1.165) is 11.3 Å². The lowest BCUT2D eigenvalue weighted by atomic mass is 10.1. The zero-order chi connectivity index (χ0) is 14.7. The second-order valence-corrected chi connectivity index (χ2v) is 5.84. The summed E-state index contributed by atoms with van der Waals surface area (Å²) in [6.45, 7) is 4.62. The number of halogens is 2. The van der Waals surface area contributed by atoms with Crippen molar-refractivity contribution >= 4 is 27.4 Å². The SMILES string of the molecule is CC(C)N(Cc1ccc(N)cc1)c1ncc(Br)cc1F. The predicted octanol–water partition coefficient (Wildman–Crippen LogP) is 3.98. The highest BCUT2D eigenvalue weighted by atomic mass is 79.9. The molecule has 5 heteroatoms. The van der Waals surface area contributed by atoms with Crippen molar-refractivity contribution in [3.05, 3.63) is 52.4 Å². The third-order valence-electron chi connectivity index (χ3n) is 3.02. The van der Waals surface area contributed by atoms with Crippen LogP contribution in [0.3, 0.4) is 0 Å². The first-order valence-corrected chi connectivity index (χ1v) is 7.19. The number of benzene rings is 1. The van der Waals surface area contributed by atoms with Crippen LogP contribution in [0, 0.1) is 5.82 Å². The molecule has 0 saturated carbocycles. The van der Waals surface area contributed by atoms with Crippen LogP contribution in [-0.4, -0.2) is 11.0 Å². The van der Waals surface area contributed by atoms with Gasteiger partial charge in [0.2, 0.25) is 0 Å². The van der Waals surface area contributed by atoms with Crippen molar-refractivity contribution in [2.75, 3.05) is 10.6 Å². The molecule has 0 aliphatic heterocycles. The Kier molecular flexibility index (Phi) is 4.60. The molecular weight excluding hydrogens is 321 g/mol. The molecule has 0 atom stereocenters. The molecule has 1 aromatic carbocycles. The summed E-state index contributed by atoms with van der Waals surface area (Å²) in [5, 5.41) is 0. The van der Waals surface area contributed by atoms with Crippen molar-refractivity contribution in [3.63, 3.8) is 0 Å². The molecule has 20 heavy (non-hydrogen) atoms. The van der Waals surface area contributed by atoms with Crippen molar-refractivity contribution in [1.29, 1.82) is 0 Å². The first kappa shape index (κ1) is 14.8. The van der Waals surface area contributed by atoms with Gasteiger partial charge in [0.1, 0.15) is 0 Å². The summed E-state index contributed by atoms with van der Waals surface area (Å²) in [5.41, 5.74) is 7.46. The molecule has 2 aromatic rings. The van der Waals surface area contributed by atoms with Crippen LogP contribution in [0.1, 0.15) is 19.4 Å². The topological polar surface area (TPSA) is 42.1 Å². The van der Waals surface area contributed by atoms with E-state index in [9.17, 15) is 4.39 Å². The standard InChI is InChI=1S/C15H17BrFN3/c1-10(2)20(9-11-3-5-13(18)6-4-11)15-14(17)7-12(16)8-19-15/h3-8,10H,9,18H2,1-2H3. The number of pyridine rings is 1. The van der Waals surface area contributed by atoms with Gasteiger partial charge in [0.05, 0.1) is 0 Å². The minimum Gasteiger partial charge on any atom is -0.399 e. The number of hydrogen-bond donors (Lipinski definition) is 1. The Morgan fingerprint density at radius 1 is 1.30 bits per heavy atom. The number of aromatic nitrogens is 1. The van der Waals surface area contributed by atoms with E-state index in [1.165, 1.54) is 6.07 Å². The molecule has 0 aliphatic carbocycles. The third kappa shape index (κ3) is 3.48. The lowest BCUT2D eigenvalue weighted by Crippen LogP contribution is -2.31. The van der Waals surface area contributed by atoms with Crippen LogP contribution in [0.15, 0.2) is 41.0 Å². The molecule has 0 saturated heterocycles. The number of nitrogens with two attached hydrogens (primary N) is 1. The van der Waals surface area contributed by atoms with Crippen LogP contribution in [0.4, 0.5) is 15.9 Å². The van der Waals surface area contributed by atoms with Gasteiger partial charge in [-0.15, -0.1) is 0 Å². The van der Waals surface area contributed by atoms with E-state index in [1.807, 2.05) is 43.0 Å². The summed E-state index contributed by atoms with van der Waals surface area (Å²) in [7, 11) is 0. The normalized spacial score (nSPS) is 10.8. The fraction of sp³-hybridized carbons (Fsp3) is 0.267. The first-order valence-electron chi connectivity index (χ1n) is 6.39. The largest absolute Gasteiger partial charge is 0.399 e.